The van der Waals surface area contributed by atoms with Crippen molar-refractivity contribution in [3.8, 4) is 0 Å². The van der Waals surface area contributed by atoms with E-state index in [4.69, 9.17) is 0 Å². The maximum atomic E-state index is 13.7. The molecule has 32 heavy (non-hydrogen) atoms. The Bertz CT molecular complexity index is 858. The molecule has 1 heterocycles. The van der Waals surface area contributed by atoms with E-state index in [1.807, 2.05) is 0 Å². The first-order chi connectivity index (χ1) is 13.8. The monoisotopic (exact) mass is 507 g/mol. The molecule has 4 nitrogen and oxygen atoms in total. The van der Waals surface area contributed by atoms with Gasteiger partial charge in [-0.05, 0) is 12.1 Å². The molecule has 0 spiro atoms. The normalized spacial score (nSPS) is 15.2. The van der Waals surface area contributed by atoms with Crippen LogP contribution in [0, 0.1) is 0 Å². The van der Waals surface area contributed by atoms with Crippen LogP contribution in [0.4, 0.5) is 65.9 Å². The summed E-state index contributed by atoms with van der Waals surface area (Å²) in [6.45, 7) is 0. The van der Waals surface area contributed by atoms with Crippen molar-refractivity contribution in [2.45, 2.75) is 41.8 Å². The Kier molecular flexibility index (Phi) is 6.35. The van der Waals surface area contributed by atoms with Crippen molar-refractivity contribution in [2.24, 2.45) is 7.05 Å². The van der Waals surface area contributed by atoms with Crippen LogP contribution in [0.5, 0.6) is 0 Å². The fourth-order valence-corrected chi connectivity index (χ4v) is 2.00. The number of carbonyl (C=O) groups is 1. The van der Waals surface area contributed by atoms with Gasteiger partial charge in [-0.15, -0.1) is 5.06 Å². The molecule has 0 atom stereocenters. The van der Waals surface area contributed by atoms with Gasteiger partial charge in [0.2, 0.25) is 0 Å². The Balaban J connectivity index is 3.58. The second-order valence-electron chi connectivity index (χ2n) is 6.01. The Hall–Kier alpha value is -2.34. The van der Waals surface area contributed by atoms with Crippen LogP contribution in [-0.4, -0.2) is 57.4 Å². The molecule has 19 heteroatoms. The standard InChI is InChI=1S/C13H6F15N2O2/c1-29-4-2-3-5(29)6(31)30(32)13(27,28)11(22,23)9(18,19)7(14,15)8(16,17)10(20,21)12(24,25)26/h2-4H,1H3. The van der Waals surface area contributed by atoms with Gasteiger partial charge in [-0.1, -0.05) is 5.21 Å². The summed E-state index contributed by atoms with van der Waals surface area (Å²) in [6, 6.07) is -6.10. The van der Waals surface area contributed by atoms with Gasteiger partial charge < -0.3 is 4.57 Å². The molecule has 1 amide bonds. The van der Waals surface area contributed by atoms with Gasteiger partial charge in [-0.2, -0.15) is 65.9 Å². The van der Waals surface area contributed by atoms with Crippen LogP contribution in [-0.2, 0) is 12.3 Å². The minimum absolute atomic E-state index is 0.451. The third-order valence-corrected chi connectivity index (χ3v) is 3.91. The number of hydroxylamine groups is 2. The zero-order valence-corrected chi connectivity index (χ0v) is 14.6. The molecular formula is C13H6F15N2O2. The molecule has 0 aliphatic heterocycles. The number of hydrogen-bond acceptors (Lipinski definition) is 1. The number of aryl methyl sites for hydroxylation is 1. The molecule has 1 aromatic heterocycles. The predicted molar refractivity (Wildman–Crippen MR) is 68.0 cm³/mol. The van der Waals surface area contributed by atoms with Crippen LogP contribution in [0.2, 0.25) is 0 Å². The molecule has 0 unspecified atom stereocenters. The van der Waals surface area contributed by atoms with Gasteiger partial charge >= 0.3 is 47.7 Å². The minimum atomic E-state index is -8.54. The van der Waals surface area contributed by atoms with Crippen LogP contribution in [0.15, 0.2) is 18.3 Å². The van der Waals surface area contributed by atoms with E-state index < -0.39 is 58.5 Å². The van der Waals surface area contributed by atoms with Crippen LogP contribution >= 0.6 is 0 Å². The molecule has 1 rings (SSSR count). The summed E-state index contributed by atoms with van der Waals surface area (Å²) in [5.74, 6) is -44.5. The molecule has 0 saturated carbocycles. The highest BCUT2D eigenvalue weighted by Gasteiger charge is 2.94. The van der Waals surface area contributed by atoms with Crippen molar-refractivity contribution in [2.75, 3.05) is 0 Å². The lowest BCUT2D eigenvalue weighted by molar-refractivity contribution is -0.471. The summed E-state index contributed by atoms with van der Waals surface area (Å²) in [7, 11) is 0.805. The van der Waals surface area contributed by atoms with Crippen molar-refractivity contribution in [3.63, 3.8) is 0 Å². The number of amides is 1. The Morgan fingerprint density at radius 3 is 1.44 bits per heavy atom. The Labute approximate surface area is 165 Å². The molecule has 0 fully saturated rings. The van der Waals surface area contributed by atoms with Gasteiger partial charge in [0, 0.05) is 13.2 Å². The van der Waals surface area contributed by atoms with Crippen molar-refractivity contribution in [1.82, 2.24) is 9.63 Å². The third-order valence-electron chi connectivity index (χ3n) is 3.91. The third kappa shape index (κ3) is 3.43. The van der Waals surface area contributed by atoms with Gasteiger partial charge in [0.05, 0.1) is 0 Å². The summed E-state index contributed by atoms with van der Waals surface area (Å²) >= 11 is 0. The van der Waals surface area contributed by atoms with Crippen LogP contribution < -0.4 is 0 Å². The zero-order valence-electron chi connectivity index (χ0n) is 14.6. The number of carbonyl (C=O) groups excluding carboxylic acids is 1. The number of halogens is 15. The van der Waals surface area contributed by atoms with E-state index in [1.54, 1.807) is 0 Å². The SMILES string of the molecule is Cn1cccc1C(=O)N([O])C(F)(F)C(F)(F)C(F)(F)C(F)(F)C(F)(F)C(F)(F)C(F)(F)F. The van der Waals surface area contributed by atoms with E-state index in [1.165, 1.54) is 0 Å². The van der Waals surface area contributed by atoms with Gasteiger partial charge in [0.15, 0.2) is 0 Å². The van der Waals surface area contributed by atoms with Crippen molar-refractivity contribution >= 4 is 5.91 Å². The minimum Gasteiger partial charge on any atom is -0.347 e. The highest BCUT2D eigenvalue weighted by atomic mass is 19.4. The number of hydrogen-bond donors (Lipinski definition) is 0. The summed E-state index contributed by atoms with van der Waals surface area (Å²) in [5.41, 5.74) is -1.25. The molecule has 0 aliphatic carbocycles. The lowest BCUT2D eigenvalue weighted by Gasteiger charge is -2.41. The van der Waals surface area contributed by atoms with Gasteiger partial charge in [-0.3, -0.25) is 4.79 Å². The van der Waals surface area contributed by atoms with Crippen molar-refractivity contribution < 1.29 is 75.9 Å². The summed E-state index contributed by atoms with van der Waals surface area (Å²) in [4.78, 5) is 11.5. The molecule has 1 aromatic rings. The van der Waals surface area contributed by atoms with Crippen molar-refractivity contribution in [1.29, 1.82) is 0 Å². The largest absolute Gasteiger partial charge is 0.460 e. The van der Waals surface area contributed by atoms with E-state index in [-0.39, 0.29) is 0 Å². The molecule has 0 saturated heterocycles. The second kappa shape index (κ2) is 7.34. The predicted octanol–water partition coefficient (Wildman–Crippen LogP) is 5.14. The average Bonchev–Trinajstić information content (AvgIpc) is 3.04. The number of alkyl halides is 15. The van der Waals surface area contributed by atoms with Gasteiger partial charge in [0.25, 0.3) is 0 Å². The van der Waals surface area contributed by atoms with Crippen LogP contribution in [0.25, 0.3) is 0 Å². The molecular weight excluding hydrogens is 501 g/mol. The lowest BCUT2D eigenvalue weighted by atomic mass is 9.93. The summed E-state index contributed by atoms with van der Waals surface area (Å²) in [5, 5.41) is 8.43. The molecule has 0 N–H and O–H groups in total. The van der Waals surface area contributed by atoms with Crippen molar-refractivity contribution in [3.05, 3.63) is 24.0 Å². The quantitative estimate of drug-likeness (QED) is 0.287. The maximum Gasteiger partial charge on any atom is 0.460 e. The smallest absolute Gasteiger partial charge is 0.347 e. The fraction of sp³-hybridized carbons (Fsp3) is 0.615. The first kappa shape index (κ1) is 27.7. The average molecular weight is 507 g/mol. The molecule has 0 aliphatic rings. The van der Waals surface area contributed by atoms with E-state index in [2.05, 4.69) is 0 Å². The van der Waals surface area contributed by atoms with E-state index in [0.29, 0.717) is 10.6 Å². The molecule has 0 aromatic carbocycles. The molecule has 0 bridgehead atoms. The Morgan fingerprint density at radius 1 is 0.719 bits per heavy atom. The highest BCUT2D eigenvalue weighted by molar-refractivity contribution is 5.92. The second-order valence-corrected chi connectivity index (χ2v) is 6.01. The summed E-state index contributed by atoms with van der Waals surface area (Å²) < 4.78 is 196. The lowest BCUT2D eigenvalue weighted by Crippen LogP contribution is -2.74. The first-order valence-electron chi connectivity index (χ1n) is 7.30. The zero-order chi connectivity index (χ0) is 25.9. The van der Waals surface area contributed by atoms with Crippen LogP contribution in [0.3, 0.4) is 0 Å². The van der Waals surface area contributed by atoms with Gasteiger partial charge in [-0.25, -0.2) is 0 Å². The van der Waals surface area contributed by atoms with E-state index in [9.17, 15) is 75.9 Å². The number of aromatic nitrogens is 1. The van der Waals surface area contributed by atoms with E-state index in [0.717, 1.165) is 19.3 Å². The topological polar surface area (TPSA) is 45.1 Å². The number of rotatable bonds is 7. The molecule has 185 valence electrons. The first-order valence-corrected chi connectivity index (χ1v) is 7.30. The molecule has 1 radical (unpaired) electrons. The van der Waals surface area contributed by atoms with Gasteiger partial charge in [0.1, 0.15) is 5.69 Å². The fourth-order valence-electron chi connectivity index (χ4n) is 2.00. The Morgan fingerprint density at radius 2 is 1.09 bits per heavy atom. The summed E-state index contributed by atoms with van der Waals surface area (Å²) in [6.07, 6.45) is -6.93. The van der Waals surface area contributed by atoms with Crippen LogP contribution in [0.1, 0.15) is 10.5 Å². The highest BCUT2D eigenvalue weighted by Crippen LogP contribution is 2.62. The maximum absolute atomic E-state index is 13.7. The van der Waals surface area contributed by atoms with E-state index >= 15 is 0 Å². The number of nitrogens with zero attached hydrogens (tertiary/aromatic N) is 2.